The van der Waals surface area contributed by atoms with E-state index in [0.29, 0.717) is 18.0 Å². The summed E-state index contributed by atoms with van der Waals surface area (Å²) in [6, 6.07) is 24.9. The maximum absolute atomic E-state index is 13.5. The van der Waals surface area contributed by atoms with E-state index in [-0.39, 0.29) is 17.7 Å². The molecule has 5 nitrogen and oxygen atoms in total. The second-order valence-electron chi connectivity index (χ2n) is 8.68. The number of amides is 2. The van der Waals surface area contributed by atoms with E-state index in [1.165, 1.54) is 18.2 Å². The highest BCUT2D eigenvalue weighted by molar-refractivity contribution is 8.00. The number of nitrogens with one attached hydrogen (secondary N) is 2. The van der Waals surface area contributed by atoms with Gasteiger partial charge in [0.05, 0.1) is 12.3 Å². The van der Waals surface area contributed by atoms with Crippen LogP contribution in [-0.4, -0.2) is 18.4 Å². The summed E-state index contributed by atoms with van der Waals surface area (Å²) in [6.07, 6.45) is 5.37. The third kappa shape index (κ3) is 6.89. The number of carbonyl (C=O) groups is 2. The fourth-order valence-corrected chi connectivity index (χ4v) is 5.43. The van der Waals surface area contributed by atoms with Crippen LogP contribution in [0, 0.1) is 5.92 Å². The Kier molecular flexibility index (Phi) is 8.85. The maximum atomic E-state index is 13.5. The smallest absolute Gasteiger partial charge is 0.242 e. The van der Waals surface area contributed by atoms with Crippen LogP contribution in [0.4, 0.5) is 11.4 Å². The molecule has 1 unspecified atom stereocenters. The lowest BCUT2D eigenvalue weighted by atomic mass is 9.88. The van der Waals surface area contributed by atoms with Gasteiger partial charge < -0.3 is 15.4 Å². The fraction of sp³-hybridized carbons (Fsp3) is 0.310. The van der Waals surface area contributed by atoms with Crippen molar-refractivity contribution in [3.8, 4) is 5.75 Å². The second kappa shape index (κ2) is 12.5. The van der Waals surface area contributed by atoms with Crippen molar-refractivity contribution < 1.29 is 14.3 Å². The Hall–Kier alpha value is -3.25. The van der Waals surface area contributed by atoms with Crippen LogP contribution in [0.25, 0.3) is 0 Å². The Morgan fingerprint density at radius 2 is 1.66 bits per heavy atom. The van der Waals surface area contributed by atoms with Gasteiger partial charge in [-0.1, -0.05) is 67.8 Å². The topological polar surface area (TPSA) is 67.4 Å². The zero-order valence-corrected chi connectivity index (χ0v) is 20.9. The molecule has 1 saturated carbocycles. The first-order valence-electron chi connectivity index (χ1n) is 12.3. The van der Waals surface area contributed by atoms with Gasteiger partial charge in [0.15, 0.2) is 0 Å². The Bertz CT molecular complexity index is 1130. The molecule has 0 saturated heterocycles. The van der Waals surface area contributed by atoms with Crippen LogP contribution in [0.3, 0.4) is 0 Å². The number of ether oxygens (including phenoxy) is 1. The van der Waals surface area contributed by atoms with Crippen LogP contribution >= 0.6 is 11.8 Å². The van der Waals surface area contributed by atoms with E-state index in [4.69, 9.17) is 4.74 Å². The first-order valence-corrected chi connectivity index (χ1v) is 13.2. The minimum Gasteiger partial charge on any atom is -0.492 e. The Labute approximate surface area is 211 Å². The number of thioether (sulfide) groups is 1. The van der Waals surface area contributed by atoms with Crippen molar-refractivity contribution in [3.05, 3.63) is 84.4 Å². The molecular formula is C29H32N2O3S. The molecule has 1 aliphatic carbocycles. The first-order chi connectivity index (χ1) is 17.1. The van der Waals surface area contributed by atoms with Gasteiger partial charge in [-0.3, -0.25) is 9.59 Å². The number of hydrogen-bond acceptors (Lipinski definition) is 4. The molecule has 2 amide bonds. The van der Waals surface area contributed by atoms with Gasteiger partial charge in [-0.25, -0.2) is 0 Å². The van der Waals surface area contributed by atoms with Crippen molar-refractivity contribution in [3.63, 3.8) is 0 Å². The van der Waals surface area contributed by atoms with Crippen LogP contribution in [-0.2, 0) is 9.59 Å². The molecule has 6 heteroatoms. The monoisotopic (exact) mass is 488 g/mol. The average molecular weight is 489 g/mol. The van der Waals surface area contributed by atoms with Crippen LogP contribution < -0.4 is 15.4 Å². The molecule has 182 valence electrons. The summed E-state index contributed by atoms with van der Waals surface area (Å²) >= 11 is 1.46. The van der Waals surface area contributed by atoms with Crippen LogP contribution in [0.5, 0.6) is 5.75 Å². The highest BCUT2D eigenvalue weighted by Crippen LogP contribution is 2.38. The molecule has 1 fully saturated rings. The maximum Gasteiger partial charge on any atom is 0.242 e. The number of hydrogen-bond donors (Lipinski definition) is 2. The van der Waals surface area contributed by atoms with Gasteiger partial charge in [-0.15, -0.1) is 11.8 Å². The van der Waals surface area contributed by atoms with Crippen molar-refractivity contribution in [2.75, 3.05) is 17.2 Å². The van der Waals surface area contributed by atoms with Crippen LogP contribution in [0.1, 0.15) is 49.8 Å². The number of para-hydroxylation sites is 2. The van der Waals surface area contributed by atoms with Gasteiger partial charge in [0.1, 0.15) is 11.0 Å². The molecule has 0 bridgehead atoms. The van der Waals surface area contributed by atoms with Crippen LogP contribution in [0.15, 0.2) is 83.8 Å². The molecule has 35 heavy (non-hydrogen) atoms. The summed E-state index contributed by atoms with van der Waals surface area (Å²) in [4.78, 5) is 27.1. The first kappa shape index (κ1) is 24.9. The van der Waals surface area contributed by atoms with E-state index < -0.39 is 5.25 Å². The van der Waals surface area contributed by atoms with E-state index in [0.717, 1.165) is 41.8 Å². The minimum absolute atomic E-state index is 0.0910. The highest BCUT2D eigenvalue weighted by atomic mass is 32.2. The average Bonchev–Trinajstić information content (AvgIpc) is 2.90. The summed E-state index contributed by atoms with van der Waals surface area (Å²) < 4.78 is 5.68. The third-order valence-electron chi connectivity index (χ3n) is 6.12. The summed E-state index contributed by atoms with van der Waals surface area (Å²) in [6.45, 7) is 2.43. The SMILES string of the molecule is CCOc1ccccc1NC(=O)C(Sc1cccc(NC(=O)C2CCCCC2)c1)c1ccccc1. The minimum atomic E-state index is -0.477. The molecule has 2 N–H and O–H groups in total. The predicted octanol–water partition coefficient (Wildman–Crippen LogP) is 7.08. The standard InChI is InChI=1S/C29H32N2O3S/c1-2-34-26-19-10-9-18-25(26)31-29(33)27(21-12-5-3-6-13-21)35-24-17-11-16-23(20-24)30-28(32)22-14-7-4-8-15-22/h3,5-6,9-13,16-20,22,27H,2,4,7-8,14-15H2,1H3,(H,30,32)(H,31,33). The van der Waals surface area contributed by atoms with Gasteiger partial charge in [-0.05, 0) is 55.7 Å². The zero-order valence-electron chi connectivity index (χ0n) is 20.0. The molecule has 3 aromatic carbocycles. The molecular weight excluding hydrogens is 456 g/mol. The number of anilines is 2. The third-order valence-corrected chi connectivity index (χ3v) is 7.36. The molecule has 4 rings (SSSR count). The van der Waals surface area contributed by atoms with E-state index in [1.54, 1.807) is 0 Å². The lowest BCUT2D eigenvalue weighted by Gasteiger charge is -2.21. The largest absolute Gasteiger partial charge is 0.492 e. The normalized spacial score (nSPS) is 14.7. The number of rotatable bonds is 9. The fourth-order valence-electron chi connectivity index (χ4n) is 4.34. The Morgan fingerprint density at radius 1 is 0.914 bits per heavy atom. The molecule has 3 aromatic rings. The lowest BCUT2D eigenvalue weighted by molar-refractivity contribution is -0.120. The van der Waals surface area contributed by atoms with Crippen molar-refractivity contribution in [1.82, 2.24) is 0 Å². The molecule has 0 heterocycles. The lowest BCUT2D eigenvalue weighted by Crippen LogP contribution is -2.24. The van der Waals surface area contributed by atoms with Gasteiger partial charge in [0, 0.05) is 16.5 Å². The zero-order chi connectivity index (χ0) is 24.5. The van der Waals surface area contributed by atoms with Gasteiger partial charge in [0.2, 0.25) is 11.8 Å². The van der Waals surface area contributed by atoms with Gasteiger partial charge in [0.25, 0.3) is 0 Å². The molecule has 0 aliphatic heterocycles. The quantitative estimate of drug-likeness (QED) is 0.316. The van der Waals surface area contributed by atoms with Crippen molar-refractivity contribution in [2.24, 2.45) is 5.92 Å². The van der Waals surface area contributed by atoms with E-state index in [2.05, 4.69) is 10.6 Å². The second-order valence-corrected chi connectivity index (χ2v) is 9.86. The van der Waals surface area contributed by atoms with Crippen LogP contribution in [0.2, 0.25) is 0 Å². The molecule has 1 atom stereocenters. The van der Waals surface area contributed by atoms with E-state index in [1.807, 2.05) is 85.8 Å². The number of benzene rings is 3. The van der Waals surface area contributed by atoms with E-state index in [9.17, 15) is 9.59 Å². The summed E-state index contributed by atoms with van der Waals surface area (Å²) in [5, 5.41) is 5.66. The molecule has 0 spiro atoms. The van der Waals surface area contributed by atoms with Crippen molar-refractivity contribution in [1.29, 1.82) is 0 Å². The molecule has 0 radical (unpaired) electrons. The summed E-state index contributed by atoms with van der Waals surface area (Å²) in [7, 11) is 0. The Balaban J connectivity index is 1.52. The molecule has 1 aliphatic rings. The molecule has 0 aromatic heterocycles. The summed E-state index contributed by atoms with van der Waals surface area (Å²) in [5.74, 6) is 0.697. The van der Waals surface area contributed by atoms with Crippen molar-refractivity contribution >= 4 is 35.0 Å². The van der Waals surface area contributed by atoms with Gasteiger partial charge >= 0.3 is 0 Å². The number of carbonyl (C=O) groups excluding carboxylic acids is 2. The van der Waals surface area contributed by atoms with Crippen molar-refractivity contribution in [2.45, 2.75) is 49.2 Å². The highest BCUT2D eigenvalue weighted by Gasteiger charge is 2.24. The van der Waals surface area contributed by atoms with Gasteiger partial charge in [-0.2, -0.15) is 0 Å². The Morgan fingerprint density at radius 3 is 2.43 bits per heavy atom. The summed E-state index contributed by atoms with van der Waals surface area (Å²) in [5.41, 5.74) is 2.31. The van der Waals surface area contributed by atoms with E-state index >= 15 is 0 Å². The predicted molar refractivity (Wildman–Crippen MR) is 143 cm³/mol.